The van der Waals surface area contributed by atoms with Crippen LogP contribution in [0, 0.1) is 0 Å². The quantitative estimate of drug-likeness (QED) is 0.562. The average Bonchev–Trinajstić information content (AvgIpc) is 2.05. The van der Waals surface area contributed by atoms with Gasteiger partial charge in [0, 0.05) is 23.9 Å². The van der Waals surface area contributed by atoms with Crippen molar-refractivity contribution in [3.8, 4) is 0 Å². The van der Waals surface area contributed by atoms with Crippen LogP contribution in [-0.4, -0.2) is 9.97 Å². The van der Waals surface area contributed by atoms with Crippen LogP contribution in [-0.2, 0) is 6.42 Å². The lowest BCUT2D eigenvalue weighted by Gasteiger charge is -1.99. The molecule has 0 unspecified atom stereocenters. The molecule has 3 heteroatoms. The van der Waals surface area contributed by atoms with Crippen molar-refractivity contribution in [2.75, 3.05) is 0 Å². The Morgan fingerprint density at radius 3 is 3.08 bits per heavy atom. The first kappa shape index (κ1) is 8.87. The number of rotatable bonds is 3. The van der Waals surface area contributed by atoms with E-state index >= 15 is 0 Å². The Labute approximate surface area is 77.1 Å². The van der Waals surface area contributed by atoms with E-state index in [9.17, 15) is 0 Å². The molecule has 0 spiro atoms. The fraction of sp³-hybridized carbons (Fsp3) is 0.111. The third kappa shape index (κ3) is 2.13. The maximum absolute atomic E-state index is 5.46. The number of allylic oxidation sites excluding steroid dienone is 1. The molecule has 1 heterocycles. The number of pyridine rings is 1. The molecule has 0 aliphatic carbocycles. The second-order valence-corrected chi connectivity index (χ2v) is 2.83. The average molecular weight is 178 g/mol. The van der Waals surface area contributed by atoms with Gasteiger partial charge in [-0.3, -0.25) is 4.98 Å². The van der Waals surface area contributed by atoms with Crippen LogP contribution < -0.4 is 5.73 Å². The number of hydrogen-bond acceptors (Lipinski definition) is 2. The van der Waals surface area contributed by atoms with E-state index in [-0.39, 0.29) is 0 Å². The Morgan fingerprint density at radius 2 is 2.50 bits per heavy atom. The van der Waals surface area contributed by atoms with Crippen LogP contribution in [0.5, 0.6) is 0 Å². The Morgan fingerprint density at radius 1 is 1.75 bits per heavy atom. The Balaban J connectivity index is 2.95. The van der Waals surface area contributed by atoms with Gasteiger partial charge in [-0.2, -0.15) is 0 Å². The summed E-state index contributed by atoms with van der Waals surface area (Å²) in [5.41, 5.74) is 7.25. The minimum atomic E-state index is 0.405. The number of nitrogens with two attached hydrogens (primary N) is 1. The lowest BCUT2D eigenvalue weighted by atomic mass is 10.2. The zero-order chi connectivity index (χ0) is 8.97. The summed E-state index contributed by atoms with van der Waals surface area (Å²) in [5.74, 6) is 0. The molecule has 0 saturated heterocycles. The smallest absolute Gasteiger partial charge is 0.104 e. The number of nitrogens with zero attached hydrogens (tertiary/aromatic N) is 1. The Hall–Kier alpha value is -1.22. The lowest BCUT2D eigenvalue weighted by molar-refractivity contribution is 1.11. The highest BCUT2D eigenvalue weighted by atomic mass is 32.1. The maximum atomic E-state index is 5.46. The molecule has 0 fully saturated rings. The topological polar surface area (TPSA) is 38.9 Å². The van der Waals surface area contributed by atoms with E-state index in [0.29, 0.717) is 4.99 Å². The van der Waals surface area contributed by atoms with Crippen molar-refractivity contribution in [3.63, 3.8) is 0 Å². The van der Waals surface area contributed by atoms with Gasteiger partial charge in [0.1, 0.15) is 4.99 Å². The minimum Gasteiger partial charge on any atom is -0.389 e. The molecule has 0 amide bonds. The predicted molar refractivity (Wildman–Crippen MR) is 54.0 cm³/mol. The van der Waals surface area contributed by atoms with Crippen LogP contribution in [0.1, 0.15) is 11.3 Å². The first-order valence-electron chi connectivity index (χ1n) is 3.59. The van der Waals surface area contributed by atoms with Gasteiger partial charge in [0.15, 0.2) is 0 Å². The van der Waals surface area contributed by atoms with Crippen molar-refractivity contribution in [1.82, 2.24) is 4.98 Å². The van der Waals surface area contributed by atoms with Crippen LogP contribution in [0.2, 0.25) is 0 Å². The molecule has 0 bridgehead atoms. The molecule has 2 N–H and O–H groups in total. The van der Waals surface area contributed by atoms with Crippen LogP contribution in [0.4, 0.5) is 0 Å². The first-order chi connectivity index (χ1) is 5.74. The zero-order valence-corrected chi connectivity index (χ0v) is 7.47. The summed E-state index contributed by atoms with van der Waals surface area (Å²) in [7, 11) is 0. The normalized spacial score (nSPS) is 9.33. The van der Waals surface area contributed by atoms with Gasteiger partial charge in [-0.15, -0.1) is 6.58 Å². The highest BCUT2D eigenvalue weighted by molar-refractivity contribution is 7.80. The molecule has 0 aromatic carbocycles. The highest BCUT2D eigenvalue weighted by Gasteiger charge is 1.97. The van der Waals surface area contributed by atoms with Crippen molar-refractivity contribution in [3.05, 3.63) is 42.2 Å². The largest absolute Gasteiger partial charge is 0.389 e. The van der Waals surface area contributed by atoms with E-state index in [1.165, 1.54) is 0 Å². The van der Waals surface area contributed by atoms with Gasteiger partial charge in [0.2, 0.25) is 0 Å². The molecule has 0 saturated carbocycles. The van der Waals surface area contributed by atoms with Crippen LogP contribution >= 0.6 is 12.2 Å². The van der Waals surface area contributed by atoms with E-state index in [1.54, 1.807) is 18.3 Å². The second kappa shape index (κ2) is 3.97. The van der Waals surface area contributed by atoms with Gasteiger partial charge < -0.3 is 5.73 Å². The van der Waals surface area contributed by atoms with Crippen molar-refractivity contribution in [2.24, 2.45) is 5.73 Å². The molecule has 0 radical (unpaired) electrons. The third-order valence-electron chi connectivity index (χ3n) is 1.45. The van der Waals surface area contributed by atoms with Crippen molar-refractivity contribution in [2.45, 2.75) is 6.42 Å². The standard InChI is InChI=1S/C9H10N2S/c1-2-3-8-6-7(9(10)12)4-5-11-8/h2,4-6H,1,3H2,(H2,10,12). The van der Waals surface area contributed by atoms with E-state index in [2.05, 4.69) is 11.6 Å². The SMILES string of the molecule is C=CCc1cc(C(N)=S)ccn1. The fourth-order valence-corrected chi connectivity index (χ4v) is 1.02. The van der Waals surface area contributed by atoms with Crippen molar-refractivity contribution >= 4 is 17.2 Å². The molecule has 2 nitrogen and oxygen atoms in total. The maximum Gasteiger partial charge on any atom is 0.104 e. The summed E-state index contributed by atoms with van der Waals surface area (Å²) >= 11 is 4.83. The molecule has 1 aromatic heterocycles. The predicted octanol–water partition coefficient (Wildman–Crippen LogP) is 1.44. The Kier molecular flexibility index (Phi) is 2.94. The van der Waals surface area contributed by atoms with E-state index in [0.717, 1.165) is 17.7 Å². The molecule has 0 atom stereocenters. The summed E-state index contributed by atoms with van der Waals surface area (Å²) in [6, 6.07) is 3.68. The van der Waals surface area contributed by atoms with Gasteiger partial charge in [-0.1, -0.05) is 18.3 Å². The van der Waals surface area contributed by atoms with Crippen LogP contribution in [0.3, 0.4) is 0 Å². The summed E-state index contributed by atoms with van der Waals surface area (Å²) in [4.78, 5) is 4.53. The van der Waals surface area contributed by atoms with Gasteiger partial charge in [0.05, 0.1) is 0 Å². The highest BCUT2D eigenvalue weighted by Crippen LogP contribution is 2.02. The minimum absolute atomic E-state index is 0.405. The van der Waals surface area contributed by atoms with Crippen LogP contribution in [0.15, 0.2) is 31.0 Å². The van der Waals surface area contributed by atoms with Crippen molar-refractivity contribution in [1.29, 1.82) is 0 Å². The van der Waals surface area contributed by atoms with Gasteiger partial charge in [-0.25, -0.2) is 0 Å². The summed E-state index contributed by atoms with van der Waals surface area (Å²) in [5, 5.41) is 0. The molecule has 0 aliphatic rings. The van der Waals surface area contributed by atoms with Gasteiger partial charge in [0.25, 0.3) is 0 Å². The third-order valence-corrected chi connectivity index (χ3v) is 1.69. The number of hydrogen-bond donors (Lipinski definition) is 1. The molecule has 1 aromatic rings. The molecular weight excluding hydrogens is 168 g/mol. The van der Waals surface area contributed by atoms with Crippen molar-refractivity contribution < 1.29 is 0 Å². The lowest BCUT2D eigenvalue weighted by Crippen LogP contribution is -2.09. The van der Waals surface area contributed by atoms with Gasteiger partial charge in [-0.05, 0) is 12.1 Å². The monoisotopic (exact) mass is 178 g/mol. The van der Waals surface area contributed by atoms with Crippen LogP contribution in [0.25, 0.3) is 0 Å². The molecule has 62 valence electrons. The molecule has 0 aliphatic heterocycles. The van der Waals surface area contributed by atoms with Gasteiger partial charge >= 0.3 is 0 Å². The Bertz CT molecular complexity index is 307. The number of aromatic nitrogens is 1. The summed E-state index contributed by atoms with van der Waals surface area (Å²) in [6.07, 6.45) is 4.25. The molecule has 12 heavy (non-hydrogen) atoms. The second-order valence-electron chi connectivity index (χ2n) is 2.39. The van der Waals surface area contributed by atoms with E-state index in [1.807, 2.05) is 6.07 Å². The summed E-state index contributed by atoms with van der Waals surface area (Å²) < 4.78 is 0. The fourth-order valence-electron chi connectivity index (χ4n) is 0.891. The molecule has 1 rings (SSSR count). The number of thiocarbonyl (C=S) groups is 1. The zero-order valence-electron chi connectivity index (χ0n) is 6.66. The van der Waals surface area contributed by atoms with E-state index in [4.69, 9.17) is 18.0 Å². The summed E-state index contributed by atoms with van der Waals surface area (Å²) in [6.45, 7) is 3.63. The van der Waals surface area contributed by atoms with E-state index < -0.39 is 0 Å². The molecular formula is C9H10N2S. The first-order valence-corrected chi connectivity index (χ1v) is 4.00.